The van der Waals surface area contributed by atoms with Gasteiger partial charge in [-0.3, -0.25) is 4.98 Å². The number of aryl methyl sites for hydroxylation is 1. The Balaban J connectivity index is 1.59. The van der Waals surface area contributed by atoms with Crippen LogP contribution in [0.1, 0.15) is 76.1 Å². The maximum Gasteiger partial charge on any atom is 0.410 e. The van der Waals surface area contributed by atoms with Crippen LogP contribution >= 0.6 is 0 Å². The molecule has 0 atom stereocenters. The number of aromatic amines is 1. The lowest BCUT2D eigenvalue weighted by atomic mass is 9.87. The van der Waals surface area contributed by atoms with E-state index in [9.17, 15) is 4.79 Å². The highest BCUT2D eigenvalue weighted by atomic mass is 16.6. The Morgan fingerprint density at radius 1 is 1.16 bits per heavy atom. The molecule has 5 nitrogen and oxygen atoms in total. The van der Waals surface area contributed by atoms with Crippen molar-refractivity contribution in [3.63, 3.8) is 0 Å². The number of nitrogens with one attached hydrogen (secondary N) is 1. The van der Waals surface area contributed by atoms with Gasteiger partial charge in [0.25, 0.3) is 0 Å². The molecule has 0 radical (unpaired) electrons. The van der Waals surface area contributed by atoms with Crippen molar-refractivity contribution < 1.29 is 9.53 Å². The number of aromatic nitrogens is 2. The van der Waals surface area contributed by atoms with Gasteiger partial charge in [0, 0.05) is 41.4 Å². The first-order valence-electron chi connectivity index (χ1n) is 11.7. The molecule has 0 spiro atoms. The maximum atomic E-state index is 12.4. The van der Waals surface area contributed by atoms with Gasteiger partial charge in [-0.05, 0) is 87.8 Å². The van der Waals surface area contributed by atoms with Crippen molar-refractivity contribution in [3.05, 3.63) is 53.3 Å². The molecule has 1 saturated heterocycles. The number of ether oxygens (including phenoxy) is 1. The van der Waals surface area contributed by atoms with Gasteiger partial charge in [-0.25, -0.2) is 4.79 Å². The molecule has 2 aromatic heterocycles. The zero-order chi connectivity index (χ0) is 23.0. The summed E-state index contributed by atoms with van der Waals surface area (Å²) in [6, 6.07) is 11.1. The Hall–Kier alpha value is -2.82. The van der Waals surface area contributed by atoms with Gasteiger partial charge in [0.2, 0.25) is 0 Å². The third-order valence-corrected chi connectivity index (χ3v) is 6.24. The molecule has 1 fully saturated rings. The fourth-order valence-corrected chi connectivity index (χ4v) is 4.73. The predicted molar refractivity (Wildman–Crippen MR) is 130 cm³/mol. The average Bonchev–Trinajstić information content (AvgIpc) is 3.12. The number of H-pyrrole nitrogens is 1. The van der Waals surface area contributed by atoms with E-state index in [4.69, 9.17) is 4.74 Å². The fourth-order valence-electron chi connectivity index (χ4n) is 4.73. The minimum atomic E-state index is -0.453. The molecule has 1 aromatic carbocycles. The lowest BCUT2D eigenvalue weighted by Crippen LogP contribution is -2.41. The van der Waals surface area contributed by atoms with Crippen molar-refractivity contribution in [2.45, 2.75) is 71.8 Å². The van der Waals surface area contributed by atoms with E-state index in [0.717, 1.165) is 31.6 Å². The Bertz CT molecular complexity index is 1120. The van der Waals surface area contributed by atoms with E-state index in [2.05, 4.69) is 54.1 Å². The number of piperidine rings is 1. The Labute approximate surface area is 191 Å². The zero-order valence-electron chi connectivity index (χ0n) is 20.2. The molecule has 3 heterocycles. The van der Waals surface area contributed by atoms with E-state index in [-0.39, 0.29) is 6.09 Å². The second-order valence-electron chi connectivity index (χ2n) is 10.3. The quantitative estimate of drug-likeness (QED) is 0.495. The number of hydrogen-bond acceptors (Lipinski definition) is 3. The van der Waals surface area contributed by atoms with E-state index in [1.54, 1.807) is 0 Å². The lowest BCUT2D eigenvalue weighted by Gasteiger charge is -2.33. The summed E-state index contributed by atoms with van der Waals surface area (Å²) in [5.41, 5.74) is 6.84. The summed E-state index contributed by atoms with van der Waals surface area (Å²) < 4.78 is 5.55. The predicted octanol–water partition coefficient (Wildman–Crippen LogP) is 6.78. The van der Waals surface area contributed by atoms with Crippen molar-refractivity contribution in [1.29, 1.82) is 0 Å². The molecular formula is C27H35N3O2. The molecule has 0 saturated carbocycles. The molecule has 1 amide bonds. The zero-order valence-corrected chi connectivity index (χ0v) is 20.2. The number of benzene rings is 1. The molecule has 3 aromatic rings. The van der Waals surface area contributed by atoms with E-state index in [1.807, 2.05) is 38.8 Å². The molecular weight excluding hydrogens is 398 g/mol. The van der Waals surface area contributed by atoms with Gasteiger partial charge in [-0.15, -0.1) is 0 Å². The van der Waals surface area contributed by atoms with Crippen LogP contribution < -0.4 is 0 Å². The topological polar surface area (TPSA) is 58.2 Å². The van der Waals surface area contributed by atoms with E-state index < -0.39 is 5.60 Å². The fraction of sp³-hybridized carbons (Fsp3) is 0.481. The van der Waals surface area contributed by atoms with E-state index >= 15 is 0 Å². The summed E-state index contributed by atoms with van der Waals surface area (Å²) in [7, 11) is 0. The second-order valence-corrected chi connectivity index (χ2v) is 10.3. The number of rotatable bonds is 3. The lowest BCUT2D eigenvalue weighted by molar-refractivity contribution is 0.0205. The third kappa shape index (κ3) is 4.67. The molecule has 1 N–H and O–H groups in total. The van der Waals surface area contributed by atoms with Crippen LogP contribution in [-0.4, -0.2) is 39.7 Å². The third-order valence-electron chi connectivity index (χ3n) is 6.24. The summed E-state index contributed by atoms with van der Waals surface area (Å²) >= 11 is 0. The van der Waals surface area contributed by atoms with Crippen LogP contribution in [0.5, 0.6) is 0 Å². The number of pyridine rings is 1. The van der Waals surface area contributed by atoms with Crippen LogP contribution in [0.4, 0.5) is 4.79 Å². The first kappa shape index (κ1) is 22.4. The number of nitrogens with zero attached hydrogens (tertiary/aromatic N) is 2. The molecule has 1 aliphatic rings. The normalized spacial score (nSPS) is 15.5. The summed E-state index contributed by atoms with van der Waals surface area (Å²) in [6.45, 7) is 13.8. The monoisotopic (exact) mass is 433 g/mol. The first-order valence-corrected chi connectivity index (χ1v) is 11.7. The number of fused-ring (bicyclic) bond motifs is 1. The summed E-state index contributed by atoms with van der Waals surface area (Å²) in [6.07, 6.45) is 3.60. The second kappa shape index (κ2) is 8.61. The largest absolute Gasteiger partial charge is 0.444 e. The average molecular weight is 434 g/mol. The number of hydrogen-bond donors (Lipinski definition) is 1. The Morgan fingerprint density at radius 3 is 2.50 bits per heavy atom. The minimum absolute atomic E-state index is 0.198. The van der Waals surface area contributed by atoms with Crippen LogP contribution in [0, 0.1) is 6.92 Å². The highest BCUT2D eigenvalue weighted by Gasteiger charge is 2.28. The molecule has 0 bridgehead atoms. The van der Waals surface area contributed by atoms with Crippen molar-refractivity contribution in [2.75, 3.05) is 13.1 Å². The standard InChI is InChI=1S/C27H35N3O2/c1-17(2)24-22-16-20(19-10-13-30(14-11-19)26(31)32-27(4,5)6)7-8-23(22)29-25(24)21-9-12-28-18(3)15-21/h7-9,12,15-17,19,29H,10-11,13-14H2,1-6H3. The molecule has 32 heavy (non-hydrogen) atoms. The van der Waals surface area contributed by atoms with Crippen molar-refractivity contribution in [1.82, 2.24) is 14.9 Å². The van der Waals surface area contributed by atoms with Crippen molar-refractivity contribution in [2.24, 2.45) is 0 Å². The number of likely N-dealkylation sites (tertiary alicyclic amines) is 1. The van der Waals surface area contributed by atoms with Gasteiger partial charge in [0.05, 0.1) is 5.69 Å². The maximum absolute atomic E-state index is 12.4. The van der Waals surface area contributed by atoms with E-state index in [0.29, 0.717) is 11.8 Å². The Kier molecular flexibility index (Phi) is 6.02. The molecule has 0 unspecified atom stereocenters. The van der Waals surface area contributed by atoms with Gasteiger partial charge in [0.15, 0.2) is 0 Å². The van der Waals surface area contributed by atoms with Gasteiger partial charge < -0.3 is 14.6 Å². The van der Waals surface area contributed by atoms with Crippen LogP contribution in [0.15, 0.2) is 36.5 Å². The SMILES string of the molecule is Cc1cc(-c2[nH]c3ccc(C4CCN(C(=O)OC(C)(C)C)CC4)cc3c2C(C)C)ccn1. The molecule has 4 rings (SSSR count). The van der Waals surface area contributed by atoms with Crippen molar-refractivity contribution >= 4 is 17.0 Å². The van der Waals surface area contributed by atoms with Gasteiger partial charge in [0.1, 0.15) is 5.60 Å². The number of amides is 1. The van der Waals surface area contributed by atoms with Gasteiger partial charge >= 0.3 is 6.09 Å². The van der Waals surface area contributed by atoms with Crippen molar-refractivity contribution in [3.8, 4) is 11.3 Å². The number of carbonyl (C=O) groups excluding carboxylic acids is 1. The van der Waals surface area contributed by atoms with Crippen LogP contribution in [-0.2, 0) is 4.74 Å². The van der Waals surface area contributed by atoms with Gasteiger partial charge in [-0.2, -0.15) is 0 Å². The van der Waals surface area contributed by atoms with Crippen LogP contribution in [0.3, 0.4) is 0 Å². The van der Waals surface area contributed by atoms with Crippen LogP contribution in [0.25, 0.3) is 22.2 Å². The van der Waals surface area contributed by atoms with Crippen LogP contribution in [0.2, 0.25) is 0 Å². The molecule has 0 aliphatic carbocycles. The molecule has 5 heteroatoms. The summed E-state index contributed by atoms with van der Waals surface area (Å²) in [5.74, 6) is 0.858. The summed E-state index contributed by atoms with van der Waals surface area (Å²) in [5, 5.41) is 1.30. The Morgan fingerprint density at radius 2 is 1.88 bits per heavy atom. The first-order chi connectivity index (χ1) is 15.1. The van der Waals surface area contributed by atoms with E-state index in [1.165, 1.54) is 33.3 Å². The molecule has 170 valence electrons. The highest BCUT2D eigenvalue weighted by molar-refractivity contribution is 5.92. The molecule has 1 aliphatic heterocycles. The van der Waals surface area contributed by atoms with Gasteiger partial charge in [-0.1, -0.05) is 19.9 Å². The minimum Gasteiger partial charge on any atom is -0.444 e. The highest BCUT2D eigenvalue weighted by Crippen LogP contribution is 2.38. The summed E-state index contributed by atoms with van der Waals surface area (Å²) in [4.78, 5) is 22.3. The smallest absolute Gasteiger partial charge is 0.410 e. The number of carbonyl (C=O) groups is 1.